The molecule has 0 fully saturated rings. The van der Waals surface area contributed by atoms with Gasteiger partial charge in [-0.1, -0.05) is 12.1 Å². The Morgan fingerprint density at radius 3 is 2.56 bits per heavy atom. The summed E-state index contributed by atoms with van der Waals surface area (Å²) in [5.41, 5.74) is 5.53. The summed E-state index contributed by atoms with van der Waals surface area (Å²) in [6.07, 6.45) is 3.06. The van der Waals surface area contributed by atoms with E-state index in [4.69, 9.17) is 9.26 Å². The first-order valence-corrected chi connectivity index (χ1v) is 8.87. The minimum atomic E-state index is -0.347. The summed E-state index contributed by atoms with van der Waals surface area (Å²) in [4.78, 5) is 27.8. The predicted molar refractivity (Wildman–Crippen MR) is 99.0 cm³/mol. The summed E-state index contributed by atoms with van der Waals surface area (Å²) in [7, 11) is 1.59. The molecule has 0 radical (unpaired) electrons. The predicted octanol–water partition coefficient (Wildman–Crippen LogP) is 1.61. The number of methoxy groups -OCH3 is 1. The van der Waals surface area contributed by atoms with Crippen LogP contribution in [0.1, 0.15) is 37.9 Å². The summed E-state index contributed by atoms with van der Waals surface area (Å²) in [6, 6.07) is 7.18. The number of aromatic nitrogens is 2. The lowest BCUT2D eigenvalue weighted by atomic mass is 10.2. The van der Waals surface area contributed by atoms with E-state index in [2.05, 4.69) is 26.3 Å². The third-order valence-electron chi connectivity index (χ3n) is 3.66. The number of nitrogens with zero attached hydrogens (tertiary/aromatic N) is 2. The van der Waals surface area contributed by atoms with Crippen molar-refractivity contribution in [2.45, 2.75) is 39.0 Å². The van der Waals surface area contributed by atoms with Crippen LogP contribution in [0, 0.1) is 0 Å². The average molecular weight is 375 g/mol. The van der Waals surface area contributed by atoms with Crippen LogP contribution in [0.3, 0.4) is 0 Å². The van der Waals surface area contributed by atoms with Crippen LogP contribution in [0.15, 0.2) is 28.8 Å². The lowest BCUT2D eigenvalue weighted by Gasteiger charge is -2.09. The van der Waals surface area contributed by atoms with Gasteiger partial charge in [-0.05, 0) is 37.1 Å². The second-order valence-corrected chi connectivity index (χ2v) is 5.89. The molecule has 3 N–H and O–H groups in total. The van der Waals surface area contributed by atoms with Gasteiger partial charge in [0.2, 0.25) is 11.8 Å². The molecule has 2 rings (SSSR count). The fourth-order valence-corrected chi connectivity index (χ4v) is 2.25. The largest absolute Gasteiger partial charge is 0.497 e. The number of carbonyl (C=O) groups excluding carboxylic acids is 2. The van der Waals surface area contributed by atoms with Crippen LogP contribution in [-0.2, 0) is 22.4 Å². The Morgan fingerprint density at radius 1 is 1.11 bits per heavy atom. The molecule has 1 aromatic heterocycles. The number of hydrogen-bond acceptors (Lipinski definition) is 7. The summed E-state index contributed by atoms with van der Waals surface area (Å²) >= 11 is 0. The van der Waals surface area contributed by atoms with Crippen molar-refractivity contribution >= 4 is 17.5 Å². The minimum absolute atomic E-state index is 0.0365. The summed E-state index contributed by atoms with van der Waals surface area (Å²) < 4.78 is 10.2. The molecule has 0 bridgehead atoms. The van der Waals surface area contributed by atoms with E-state index in [-0.39, 0.29) is 24.8 Å². The Labute approximate surface area is 157 Å². The van der Waals surface area contributed by atoms with E-state index in [1.807, 2.05) is 6.92 Å². The third kappa shape index (κ3) is 7.35. The number of anilines is 1. The van der Waals surface area contributed by atoms with Crippen molar-refractivity contribution in [3.63, 3.8) is 0 Å². The molecule has 0 aliphatic rings. The number of nitrogens with one attached hydrogen (secondary N) is 3. The van der Waals surface area contributed by atoms with Gasteiger partial charge in [0, 0.05) is 24.9 Å². The van der Waals surface area contributed by atoms with Crippen molar-refractivity contribution in [2.75, 3.05) is 19.0 Å². The van der Waals surface area contributed by atoms with Crippen LogP contribution >= 0.6 is 0 Å². The van der Waals surface area contributed by atoms with Gasteiger partial charge < -0.3 is 14.6 Å². The number of hydrogen-bond donors (Lipinski definition) is 3. The van der Waals surface area contributed by atoms with Gasteiger partial charge in [-0.15, -0.1) is 0 Å². The number of rotatable bonds is 10. The van der Waals surface area contributed by atoms with Crippen LogP contribution in [0.25, 0.3) is 0 Å². The Kier molecular flexibility index (Phi) is 8.08. The number of benzene rings is 1. The van der Waals surface area contributed by atoms with Crippen molar-refractivity contribution in [1.82, 2.24) is 21.0 Å². The van der Waals surface area contributed by atoms with Crippen LogP contribution in [-0.4, -0.2) is 35.6 Å². The fourth-order valence-electron chi connectivity index (χ4n) is 2.25. The Balaban J connectivity index is 1.59. The molecule has 0 aliphatic carbocycles. The molecular formula is C18H25N5O4. The van der Waals surface area contributed by atoms with Crippen molar-refractivity contribution in [3.8, 4) is 5.75 Å². The molecule has 0 spiro atoms. The number of aryl methyl sites for hydroxylation is 2. The van der Waals surface area contributed by atoms with Gasteiger partial charge in [0.05, 0.1) is 13.7 Å². The number of amides is 2. The molecular weight excluding hydrogens is 350 g/mol. The van der Waals surface area contributed by atoms with E-state index in [9.17, 15) is 9.59 Å². The molecule has 0 saturated carbocycles. The van der Waals surface area contributed by atoms with Gasteiger partial charge in [-0.3, -0.25) is 20.4 Å². The maximum Gasteiger partial charge on any atom is 0.257 e. The van der Waals surface area contributed by atoms with Crippen molar-refractivity contribution in [3.05, 3.63) is 36.0 Å². The van der Waals surface area contributed by atoms with Gasteiger partial charge in [0.1, 0.15) is 5.75 Å². The first-order valence-electron chi connectivity index (χ1n) is 8.87. The second kappa shape index (κ2) is 10.8. The Bertz CT molecular complexity index is 730. The Hall–Kier alpha value is -3.10. The smallest absolute Gasteiger partial charge is 0.257 e. The maximum atomic E-state index is 11.8. The van der Waals surface area contributed by atoms with E-state index in [1.165, 1.54) is 0 Å². The topological polar surface area (TPSA) is 118 Å². The van der Waals surface area contributed by atoms with Gasteiger partial charge in [0.25, 0.3) is 5.91 Å². The lowest BCUT2D eigenvalue weighted by Crippen LogP contribution is -2.44. The average Bonchev–Trinajstić information content (AvgIpc) is 3.13. The lowest BCUT2D eigenvalue weighted by molar-refractivity contribution is -0.128. The highest BCUT2D eigenvalue weighted by Gasteiger charge is 2.08. The van der Waals surface area contributed by atoms with Crippen LogP contribution in [0.5, 0.6) is 5.75 Å². The maximum absolute atomic E-state index is 11.8. The standard InChI is InChI=1S/C18H25N5O4/c1-3-5-15-20-18(27-23-15)7-4-6-16(24)21-22-17(25)12-19-13-8-10-14(26-2)11-9-13/h8-11,19H,3-7,12H2,1-2H3,(H,21,24)(H,22,25). The molecule has 2 amide bonds. The molecule has 1 aromatic carbocycles. The van der Waals surface area contributed by atoms with Crippen molar-refractivity contribution < 1.29 is 18.8 Å². The van der Waals surface area contributed by atoms with E-state index in [1.54, 1.807) is 31.4 Å². The van der Waals surface area contributed by atoms with Crippen molar-refractivity contribution in [2.24, 2.45) is 0 Å². The molecule has 0 unspecified atom stereocenters. The molecule has 1 heterocycles. The molecule has 9 heteroatoms. The molecule has 27 heavy (non-hydrogen) atoms. The normalized spacial score (nSPS) is 10.3. The summed E-state index contributed by atoms with van der Waals surface area (Å²) in [5, 5.41) is 6.81. The van der Waals surface area contributed by atoms with Gasteiger partial charge in [0.15, 0.2) is 5.82 Å². The zero-order chi connectivity index (χ0) is 19.5. The molecule has 0 saturated heterocycles. The van der Waals surface area contributed by atoms with Crippen LogP contribution < -0.4 is 20.9 Å². The van der Waals surface area contributed by atoms with E-state index in [0.717, 1.165) is 24.3 Å². The summed E-state index contributed by atoms with van der Waals surface area (Å²) in [5.74, 6) is 1.33. The molecule has 0 aliphatic heterocycles. The highest BCUT2D eigenvalue weighted by molar-refractivity contribution is 5.84. The van der Waals surface area contributed by atoms with E-state index in [0.29, 0.717) is 24.6 Å². The number of carbonyl (C=O) groups is 2. The first kappa shape index (κ1) is 20.2. The number of ether oxygens (including phenoxy) is 1. The quantitative estimate of drug-likeness (QED) is 0.540. The highest BCUT2D eigenvalue weighted by Crippen LogP contribution is 2.14. The van der Waals surface area contributed by atoms with Gasteiger partial charge >= 0.3 is 0 Å². The molecule has 9 nitrogen and oxygen atoms in total. The van der Waals surface area contributed by atoms with Crippen LogP contribution in [0.4, 0.5) is 5.69 Å². The SMILES string of the molecule is CCCc1noc(CCCC(=O)NNC(=O)CNc2ccc(OC)cc2)n1. The monoisotopic (exact) mass is 375 g/mol. The molecule has 146 valence electrons. The van der Waals surface area contributed by atoms with Gasteiger partial charge in [-0.25, -0.2) is 0 Å². The summed E-state index contributed by atoms with van der Waals surface area (Å²) in [6.45, 7) is 2.08. The highest BCUT2D eigenvalue weighted by atomic mass is 16.5. The van der Waals surface area contributed by atoms with E-state index >= 15 is 0 Å². The second-order valence-electron chi connectivity index (χ2n) is 5.89. The third-order valence-corrected chi connectivity index (χ3v) is 3.66. The first-order chi connectivity index (χ1) is 13.1. The van der Waals surface area contributed by atoms with Crippen molar-refractivity contribution in [1.29, 1.82) is 0 Å². The van der Waals surface area contributed by atoms with E-state index < -0.39 is 0 Å². The fraction of sp³-hybridized carbons (Fsp3) is 0.444. The Morgan fingerprint density at radius 2 is 1.85 bits per heavy atom. The minimum Gasteiger partial charge on any atom is -0.497 e. The van der Waals surface area contributed by atoms with Crippen LogP contribution in [0.2, 0.25) is 0 Å². The molecule has 0 atom stereocenters. The molecule has 2 aromatic rings. The zero-order valence-electron chi connectivity index (χ0n) is 15.6. The number of hydrazine groups is 1. The zero-order valence-corrected chi connectivity index (χ0v) is 15.6. The van der Waals surface area contributed by atoms with Gasteiger partial charge in [-0.2, -0.15) is 4.98 Å².